The van der Waals surface area contributed by atoms with Gasteiger partial charge in [0.25, 0.3) is 5.91 Å². The lowest BCUT2D eigenvalue weighted by atomic mass is 10.0. The highest BCUT2D eigenvalue weighted by Gasteiger charge is 2.28. The van der Waals surface area contributed by atoms with Crippen LogP contribution in [-0.4, -0.2) is 82.9 Å². The molecule has 0 saturated carbocycles. The number of nitrogens with one attached hydrogen (secondary N) is 1. The van der Waals surface area contributed by atoms with Crippen LogP contribution in [0.4, 0.5) is 0 Å². The molecule has 0 radical (unpaired) electrons. The Hall–Kier alpha value is -1.92. The van der Waals surface area contributed by atoms with Crippen molar-refractivity contribution in [3.8, 4) is 0 Å². The number of rotatable bonds is 2. The number of aromatic nitrogens is 2. The Morgan fingerprint density at radius 1 is 1.12 bits per heavy atom. The molecule has 1 aromatic carbocycles. The number of likely N-dealkylation sites (tertiary alicyclic amines) is 1. The number of aryl methyl sites for hydroxylation is 1. The number of hydrogen-bond acceptors (Lipinski definition) is 4. The van der Waals surface area contributed by atoms with Gasteiger partial charge in [0.05, 0.1) is 11.0 Å². The fourth-order valence-electron chi connectivity index (χ4n) is 4.10. The summed E-state index contributed by atoms with van der Waals surface area (Å²) in [7, 11) is 2.20. The van der Waals surface area contributed by atoms with Crippen molar-refractivity contribution in [2.75, 3.05) is 46.3 Å². The van der Waals surface area contributed by atoms with Gasteiger partial charge in [0.2, 0.25) is 0 Å². The molecule has 25 heavy (non-hydrogen) atoms. The molecule has 2 aliphatic heterocycles. The fraction of sp³-hybridized carbons (Fsp3) is 0.579. The Kier molecular flexibility index (Phi) is 4.48. The van der Waals surface area contributed by atoms with Crippen LogP contribution in [0, 0.1) is 6.92 Å². The van der Waals surface area contributed by atoms with Crippen LogP contribution in [0.3, 0.4) is 0 Å². The zero-order valence-corrected chi connectivity index (χ0v) is 15.2. The van der Waals surface area contributed by atoms with Gasteiger partial charge in [-0.05, 0) is 58.1 Å². The van der Waals surface area contributed by atoms with E-state index >= 15 is 0 Å². The van der Waals surface area contributed by atoms with Gasteiger partial charge in [-0.15, -0.1) is 0 Å². The molecule has 2 aliphatic rings. The summed E-state index contributed by atoms with van der Waals surface area (Å²) in [5, 5.41) is 0. The molecule has 0 spiro atoms. The lowest BCUT2D eigenvalue weighted by molar-refractivity contribution is 0.0475. The first kappa shape index (κ1) is 16.5. The molecule has 2 fully saturated rings. The largest absolute Gasteiger partial charge is 0.342 e. The van der Waals surface area contributed by atoms with E-state index in [4.69, 9.17) is 0 Å². The topological polar surface area (TPSA) is 55.5 Å². The van der Waals surface area contributed by atoms with Crippen molar-refractivity contribution in [2.45, 2.75) is 25.8 Å². The van der Waals surface area contributed by atoms with Gasteiger partial charge >= 0.3 is 0 Å². The molecule has 1 amide bonds. The maximum Gasteiger partial charge on any atom is 0.254 e. The Labute approximate surface area is 148 Å². The molecule has 1 N–H and O–H groups in total. The number of imidazole rings is 1. The van der Waals surface area contributed by atoms with E-state index in [1.54, 1.807) is 0 Å². The number of aromatic amines is 1. The SMILES string of the molecule is Cc1nc2ccc(C(=O)N3CCN(C4CCN(C)CC4)CC3)cc2[nH]1. The van der Waals surface area contributed by atoms with Crippen molar-refractivity contribution in [3.63, 3.8) is 0 Å². The Morgan fingerprint density at radius 3 is 2.56 bits per heavy atom. The number of hydrogen-bond donors (Lipinski definition) is 1. The van der Waals surface area contributed by atoms with E-state index in [2.05, 4.69) is 26.8 Å². The minimum Gasteiger partial charge on any atom is -0.342 e. The minimum atomic E-state index is 0.136. The summed E-state index contributed by atoms with van der Waals surface area (Å²) >= 11 is 0. The summed E-state index contributed by atoms with van der Waals surface area (Å²) in [6.07, 6.45) is 2.50. The maximum atomic E-state index is 12.8. The van der Waals surface area contributed by atoms with Crippen LogP contribution in [-0.2, 0) is 0 Å². The lowest BCUT2D eigenvalue weighted by Crippen LogP contribution is -2.54. The molecule has 0 unspecified atom stereocenters. The van der Waals surface area contributed by atoms with E-state index in [-0.39, 0.29) is 5.91 Å². The molecule has 6 heteroatoms. The second-order valence-corrected chi connectivity index (χ2v) is 7.42. The molecule has 2 aromatic rings. The third kappa shape index (κ3) is 3.41. The number of piperidine rings is 1. The van der Waals surface area contributed by atoms with Crippen LogP contribution >= 0.6 is 0 Å². The van der Waals surface area contributed by atoms with Crippen molar-refractivity contribution >= 4 is 16.9 Å². The molecule has 0 atom stereocenters. The minimum absolute atomic E-state index is 0.136. The number of H-pyrrole nitrogens is 1. The Morgan fingerprint density at radius 2 is 1.84 bits per heavy atom. The number of carbonyl (C=O) groups is 1. The number of nitrogens with zero attached hydrogens (tertiary/aromatic N) is 4. The lowest BCUT2D eigenvalue weighted by Gasteiger charge is -2.42. The average molecular weight is 341 g/mol. The maximum absolute atomic E-state index is 12.8. The van der Waals surface area contributed by atoms with Crippen LogP contribution < -0.4 is 0 Å². The molecule has 0 aliphatic carbocycles. The van der Waals surface area contributed by atoms with E-state index in [0.29, 0.717) is 6.04 Å². The van der Waals surface area contributed by atoms with E-state index in [0.717, 1.165) is 48.6 Å². The normalized spacial score (nSPS) is 21.1. The first-order chi connectivity index (χ1) is 12.1. The van der Waals surface area contributed by atoms with Crippen molar-refractivity contribution in [3.05, 3.63) is 29.6 Å². The summed E-state index contributed by atoms with van der Waals surface area (Å²) < 4.78 is 0. The molecule has 1 aromatic heterocycles. The average Bonchev–Trinajstić information content (AvgIpc) is 3.01. The molecule has 2 saturated heterocycles. The van der Waals surface area contributed by atoms with Crippen molar-refractivity contribution in [1.82, 2.24) is 24.7 Å². The van der Waals surface area contributed by atoms with Crippen LogP contribution in [0.25, 0.3) is 11.0 Å². The van der Waals surface area contributed by atoms with Gasteiger partial charge < -0.3 is 14.8 Å². The molecule has 6 nitrogen and oxygen atoms in total. The number of fused-ring (bicyclic) bond motifs is 1. The first-order valence-electron chi connectivity index (χ1n) is 9.28. The monoisotopic (exact) mass is 341 g/mol. The van der Waals surface area contributed by atoms with Crippen molar-refractivity contribution < 1.29 is 4.79 Å². The second kappa shape index (κ2) is 6.77. The highest BCUT2D eigenvalue weighted by Crippen LogP contribution is 2.19. The third-order valence-corrected chi connectivity index (χ3v) is 5.65. The number of piperazine rings is 1. The predicted molar refractivity (Wildman–Crippen MR) is 98.8 cm³/mol. The number of amides is 1. The van der Waals surface area contributed by atoms with Crippen molar-refractivity contribution in [2.24, 2.45) is 0 Å². The molecule has 134 valence electrons. The highest BCUT2D eigenvalue weighted by molar-refractivity contribution is 5.97. The van der Waals surface area contributed by atoms with Gasteiger partial charge in [-0.25, -0.2) is 4.98 Å². The van der Waals surface area contributed by atoms with Crippen LogP contribution in [0.15, 0.2) is 18.2 Å². The van der Waals surface area contributed by atoms with Gasteiger partial charge in [0.15, 0.2) is 0 Å². The third-order valence-electron chi connectivity index (χ3n) is 5.65. The van der Waals surface area contributed by atoms with E-state index in [9.17, 15) is 4.79 Å². The smallest absolute Gasteiger partial charge is 0.254 e. The van der Waals surface area contributed by atoms with Crippen LogP contribution in [0.5, 0.6) is 0 Å². The number of carbonyl (C=O) groups excluding carboxylic acids is 1. The van der Waals surface area contributed by atoms with Gasteiger partial charge in [-0.1, -0.05) is 0 Å². The summed E-state index contributed by atoms with van der Waals surface area (Å²) in [4.78, 5) is 27.4. The van der Waals surface area contributed by atoms with Crippen molar-refractivity contribution in [1.29, 1.82) is 0 Å². The van der Waals surface area contributed by atoms with Crippen LogP contribution in [0.2, 0.25) is 0 Å². The van der Waals surface area contributed by atoms with E-state index in [1.807, 2.05) is 30.0 Å². The summed E-state index contributed by atoms with van der Waals surface area (Å²) in [5.74, 6) is 1.02. The molecule has 4 rings (SSSR count). The molecular formula is C19H27N5O. The van der Waals surface area contributed by atoms with E-state index in [1.165, 1.54) is 25.9 Å². The molecule has 3 heterocycles. The highest BCUT2D eigenvalue weighted by atomic mass is 16.2. The van der Waals surface area contributed by atoms with Gasteiger partial charge in [0.1, 0.15) is 5.82 Å². The number of benzene rings is 1. The second-order valence-electron chi connectivity index (χ2n) is 7.42. The van der Waals surface area contributed by atoms with Gasteiger partial charge in [0, 0.05) is 37.8 Å². The van der Waals surface area contributed by atoms with Crippen LogP contribution in [0.1, 0.15) is 29.0 Å². The zero-order valence-electron chi connectivity index (χ0n) is 15.2. The summed E-state index contributed by atoms with van der Waals surface area (Å²) in [5.41, 5.74) is 2.61. The first-order valence-corrected chi connectivity index (χ1v) is 9.28. The Balaban J connectivity index is 1.38. The zero-order chi connectivity index (χ0) is 17.4. The molecule has 0 bridgehead atoms. The fourth-order valence-corrected chi connectivity index (χ4v) is 4.10. The Bertz CT molecular complexity index is 754. The van der Waals surface area contributed by atoms with Gasteiger partial charge in [-0.2, -0.15) is 0 Å². The summed E-state index contributed by atoms with van der Waals surface area (Å²) in [6, 6.07) is 6.45. The predicted octanol–water partition coefficient (Wildman–Crippen LogP) is 1.72. The quantitative estimate of drug-likeness (QED) is 0.904. The van der Waals surface area contributed by atoms with E-state index < -0.39 is 0 Å². The van der Waals surface area contributed by atoms with Gasteiger partial charge in [-0.3, -0.25) is 9.69 Å². The molecular weight excluding hydrogens is 314 g/mol. The summed E-state index contributed by atoms with van der Waals surface area (Å²) in [6.45, 7) is 7.94. The standard InChI is InChI=1S/C19H27N5O/c1-14-20-17-4-3-15(13-18(17)21-14)19(25)24-11-9-23(10-12-24)16-5-7-22(2)8-6-16/h3-4,13,16H,5-12H2,1-2H3,(H,20,21).